The summed E-state index contributed by atoms with van der Waals surface area (Å²) in [6, 6.07) is 0. The topological polar surface area (TPSA) is 29.1 Å². The van der Waals surface area contributed by atoms with Crippen molar-refractivity contribution in [1.29, 1.82) is 0 Å². The number of carbonyl (C=O) groups excluding carboxylic acids is 1. The van der Waals surface area contributed by atoms with Crippen molar-refractivity contribution in [2.45, 2.75) is 111 Å². The Labute approximate surface area is 179 Å². The van der Waals surface area contributed by atoms with E-state index in [2.05, 4.69) is 39.9 Å². The van der Waals surface area contributed by atoms with Crippen LogP contribution in [0.25, 0.3) is 0 Å². The Balaban J connectivity index is 1.37. The summed E-state index contributed by atoms with van der Waals surface area (Å²) >= 11 is 0. The SMILES string of the molecule is CC(C)CCCC(C)C1CCC2C3CC(=O)NC45CC4CCC5(C)C3CCC12C. The van der Waals surface area contributed by atoms with Gasteiger partial charge in [0, 0.05) is 12.0 Å². The van der Waals surface area contributed by atoms with Gasteiger partial charge in [-0.15, -0.1) is 0 Å². The van der Waals surface area contributed by atoms with E-state index in [1.165, 1.54) is 64.2 Å². The van der Waals surface area contributed by atoms with Gasteiger partial charge in [-0.1, -0.05) is 53.9 Å². The van der Waals surface area contributed by atoms with Crippen molar-refractivity contribution in [3.8, 4) is 0 Å². The highest BCUT2D eigenvalue weighted by atomic mass is 16.1. The predicted octanol–water partition coefficient (Wildman–Crippen LogP) is 6.59. The van der Waals surface area contributed by atoms with Crippen LogP contribution in [0, 0.1) is 52.3 Å². The zero-order chi connectivity index (χ0) is 20.6. The van der Waals surface area contributed by atoms with Crippen LogP contribution in [0.4, 0.5) is 0 Å². The molecule has 0 aromatic rings. The highest BCUT2D eigenvalue weighted by Gasteiger charge is 2.74. The van der Waals surface area contributed by atoms with Crippen molar-refractivity contribution in [3.05, 3.63) is 0 Å². The quantitative estimate of drug-likeness (QED) is 0.555. The molecule has 2 heteroatoms. The Morgan fingerprint density at radius 3 is 2.52 bits per heavy atom. The van der Waals surface area contributed by atoms with Gasteiger partial charge in [0.25, 0.3) is 0 Å². The minimum absolute atomic E-state index is 0.194. The summed E-state index contributed by atoms with van der Waals surface area (Å²) < 4.78 is 0. The van der Waals surface area contributed by atoms with E-state index >= 15 is 0 Å². The van der Waals surface area contributed by atoms with Crippen molar-refractivity contribution in [2.24, 2.45) is 52.3 Å². The monoisotopic (exact) mass is 399 g/mol. The highest BCUT2D eigenvalue weighted by Crippen LogP contribution is 2.74. The molecule has 4 saturated carbocycles. The highest BCUT2D eigenvalue weighted by molar-refractivity contribution is 5.79. The third-order valence-corrected chi connectivity index (χ3v) is 11.4. The largest absolute Gasteiger partial charge is 0.350 e. The van der Waals surface area contributed by atoms with Crippen LogP contribution in [0.15, 0.2) is 0 Å². The van der Waals surface area contributed by atoms with Gasteiger partial charge in [-0.2, -0.15) is 0 Å². The Kier molecular flexibility index (Phi) is 4.73. The molecule has 4 aliphatic carbocycles. The number of hydrogen-bond acceptors (Lipinski definition) is 1. The van der Waals surface area contributed by atoms with E-state index in [0.29, 0.717) is 22.7 Å². The van der Waals surface area contributed by atoms with Crippen molar-refractivity contribution in [3.63, 3.8) is 0 Å². The zero-order valence-electron chi connectivity index (χ0n) is 19.7. The van der Waals surface area contributed by atoms with E-state index < -0.39 is 0 Å². The van der Waals surface area contributed by atoms with Crippen molar-refractivity contribution < 1.29 is 4.79 Å². The molecule has 0 bridgehead atoms. The summed E-state index contributed by atoms with van der Waals surface area (Å²) in [4.78, 5) is 13.1. The Bertz CT molecular complexity index is 671. The molecule has 1 spiro atoms. The molecule has 1 amide bonds. The maximum atomic E-state index is 13.1. The summed E-state index contributed by atoms with van der Waals surface area (Å²) in [6.45, 7) is 12.5. The van der Waals surface area contributed by atoms with Crippen LogP contribution < -0.4 is 5.32 Å². The predicted molar refractivity (Wildman–Crippen MR) is 119 cm³/mol. The number of carbonyl (C=O) groups is 1. The lowest BCUT2D eigenvalue weighted by Crippen LogP contribution is -2.52. The van der Waals surface area contributed by atoms with Crippen LogP contribution in [0.1, 0.15) is 105 Å². The lowest BCUT2D eigenvalue weighted by molar-refractivity contribution is -0.123. The summed E-state index contributed by atoms with van der Waals surface area (Å²) in [5.41, 5.74) is 1.05. The van der Waals surface area contributed by atoms with Crippen LogP contribution in [-0.4, -0.2) is 11.4 Å². The molecule has 2 nitrogen and oxygen atoms in total. The first kappa shape index (κ1) is 20.4. The van der Waals surface area contributed by atoms with Gasteiger partial charge in [-0.25, -0.2) is 0 Å². The first-order valence-corrected chi connectivity index (χ1v) is 13.0. The Morgan fingerprint density at radius 1 is 1.00 bits per heavy atom. The Morgan fingerprint density at radius 2 is 1.79 bits per heavy atom. The second-order valence-corrected chi connectivity index (χ2v) is 13.0. The van der Waals surface area contributed by atoms with E-state index in [0.717, 1.165) is 41.9 Å². The second-order valence-electron chi connectivity index (χ2n) is 13.0. The normalized spacial score (nSPS) is 51.5. The number of rotatable bonds is 5. The molecule has 0 radical (unpaired) electrons. The third kappa shape index (κ3) is 2.82. The number of hydrogen-bond donors (Lipinski definition) is 1. The average molecular weight is 400 g/mol. The molecular formula is C27H45NO. The molecular weight excluding hydrogens is 354 g/mol. The minimum Gasteiger partial charge on any atom is -0.350 e. The summed E-state index contributed by atoms with van der Waals surface area (Å²) in [6.07, 6.45) is 14.6. The van der Waals surface area contributed by atoms with Gasteiger partial charge in [-0.3, -0.25) is 4.79 Å². The van der Waals surface area contributed by atoms with E-state index in [9.17, 15) is 4.79 Å². The Hall–Kier alpha value is -0.530. The molecule has 0 aromatic carbocycles. The molecule has 5 rings (SSSR count). The summed E-state index contributed by atoms with van der Waals surface area (Å²) in [5, 5.41) is 3.61. The van der Waals surface area contributed by atoms with E-state index in [1.54, 1.807) is 0 Å². The molecule has 5 aliphatic rings. The van der Waals surface area contributed by atoms with Crippen LogP contribution in [-0.2, 0) is 4.79 Å². The van der Waals surface area contributed by atoms with E-state index in [-0.39, 0.29) is 5.54 Å². The fraction of sp³-hybridized carbons (Fsp3) is 0.963. The molecule has 9 atom stereocenters. The first-order chi connectivity index (χ1) is 13.7. The van der Waals surface area contributed by atoms with Gasteiger partial charge in [-0.05, 0) is 97.2 Å². The molecule has 1 heterocycles. The van der Waals surface area contributed by atoms with Crippen molar-refractivity contribution in [2.75, 3.05) is 0 Å². The lowest BCUT2D eigenvalue weighted by Gasteiger charge is -2.54. The van der Waals surface area contributed by atoms with Gasteiger partial charge in [0.1, 0.15) is 0 Å². The van der Waals surface area contributed by atoms with Gasteiger partial charge in [0.05, 0.1) is 0 Å². The lowest BCUT2D eigenvalue weighted by atomic mass is 9.50. The second kappa shape index (κ2) is 6.73. The van der Waals surface area contributed by atoms with Gasteiger partial charge in [0.2, 0.25) is 5.91 Å². The number of nitrogens with one attached hydrogen (secondary N) is 1. The van der Waals surface area contributed by atoms with Crippen LogP contribution in [0.3, 0.4) is 0 Å². The fourth-order valence-electron chi connectivity index (χ4n) is 9.79. The van der Waals surface area contributed by atoms with E-state index in [4.69, 9.17) is 0 Å². The molecule has 1 aliphatic heterocycles. The first-order valence-electron chi connectivity index (χ1n) is 13.0. The van der Waals surface area contributed by atoms with Crippen LogP contribution in [0.2, 0.25) is 0 Å². The zero-order valence-corrected chi connectivity index (χ0v) is 19.7. The third-order valence-electron chi connectivity index (χ3n) is 11.4. The smallest absolute Gasteiger partial charge is 0.220 e. The van der Waals surface area contributed by atoms with Gasteiger partial charge >= 0.3 is 0 Å². The maximum Gasteiger partial charge on any atom is 0.220 e. The number of amides is 1. The molecule has 29 heavy (non-hydrogen) atoms. The molecule has 1 N–H and O–H groups in total. The molecule has 1 saturated heterocycles. The maximum absolute atomic E-state index is 13.1. The van der Waals surface area contributed by atoms with Crippen LogP contribution in [0.5, 0.6) is 0 Å². The summed E-state index contributed by atoms with van der Waals surface area (Å²) in [5.74, 6) is 5.96. The fourth-order valence-corrected chi connectivity index (χ4v) is 9.79. The number of fused-ring (bicyclic) bond motifs is 4. The van der Waals surface area contributed by atoms with Crippen LogP contribution >= 0.6 is 0 Å². The average Bonchev–Trinajstić information content (AvgIpc) is 3.16. The molecule has 9 unspecified atom stereocenters. The minimum atomic E-state index is 0.194. The van der Waals surface area contributed by atoms with E-state index in [1.807, 2.05) is 0 Å². The van der Waals surface area contributed by atoms with Crippen molar-refractivity contribution in [1.82, 2.24) is 5.32 Å². The molecule has 164 valence electrons. The van der Waals surface area contributed by atoms with Gasteiger partial charge in [0.15, 0.2) is 0 Å². The van der Waals surface area contributed by atoms with Crippen molar-refractivity contribution >= 4 is 5.91 Å². The molecule has 0 aromatic heterocycles. The standard InChI is InChI=1S/C27H45NO/c1-17(2)7-6-8-18(3)21-9-10-22-20-15-24(29)28-27-16-19(27)11-14-26(27,5)23(20)12-13-25(21,22)4/h17-23H,6-16H2,1-5H3,(H,28,29). The summed E-state index contributed by atoms with van der Waals surface area (Å²) in [7, 11) is 0. The van der Waals surface area contributed by atoms with Gasteiger partial charge < -0.3 is 5.32 Å². The molecule has 5 fully saturated rings.